The Morgan fingerprint density at radius 3 is 2.93 bits per heavy atom. The summed E-state index contributed by atoms with van der Waals surface area (Å²) in [5.74, 6) is 2.09. The molecule has 0 aliphatic heterocycles. The van der Waals surface area contributed by atoms with Crippen LogP contribution >= 0.6 is 23.4 Å². The Kier molecular flexibility index (Phi) is 5.12. The van der Waals surface area contributed by atoms with Crippen molar-refractivity contribution in [3.05, 3.63) is 29.6 Å². The van der Waals surface area contributed by atoms with E-state index in [9.17, 15) is 4.39 Å². The van der Waals surface area contributed by atoms with Gasteiger partial charge in [0.2, 0.25) is 0 Å². The molecule has 14 heavy (non-hydrogen) atoms. The summed E-state index contributed by atoms with van der Waals surface area (Å²) in [7, 11) is 1.47. The lowest BCUT2D eigenvalue weighted by Crippen LogP contribution is -1.94. The number of ether oxygens (including phenoxy) is 1. The standard InChI is InChI=1S/C10H12ClFOS/c1-13-9-4-2-3-8(10(9)12)7-14-6-5-11/h2-4H,5-7H2,1H3. The third-order valence-corrected chi connectivity index (χ3v) is 3.16. The summed E-state index contributed by atoms with van der Waals surface area (Å²) in [4.78, 5) is 0. The number of methoxy groups -OCH3 is 1. The minimum Gasteiger partial charge on any atom is -0.494 e. The molecule has 0 saturated carbocycles. The fourth-order valence-electron chi connectivity index (χ4n) is 1.06. The number of alkyl halides is 1. The highest BCUT2D eigenvalue weighted by atomic mass is 35.5. The van der Waals surface area contributed by atoms with E-state index in [-0.39, 0.29) is 5.82 Å². The highest BCUT2D eigenvalue weighted by Gasteiger charge is 2.07. The normalized spacial score (nSPS) is 10.2. The molecule has 0 saturated heterocycles. The van der Waals surface area contributed by atoms with E-state index in [4.69, 9.17) is 16.3 Å². The average Bonchev–Trinajstić information content (AvgIpc) is 2.21. The monoisotopic (exact) mass is 234 g/mol. The molecule has 1 aromatic rings. The molecule has 0 aromatic heterocycles. The third-order valence-electron chi connectivity index (χ3n) is 1.74. The molecule has 0 bridgehead atoms. The predicted octanol–water partition coefficient (Wildman–Crippen LogP) is 3.31. The van der Waals surface area contributed by atoms with Crippen LogP contribution in [0.5, 0.6) is 5.75 Å². The molecule has 1 rings (SSSR count). The summed E-state index contributed by atoms with van der Waals surface area (Å²) in [5.41, 5.74) is 0.666. The van der Waals surface area contributed by atoms with E-state index in [2.05, 4.69) is 0 Å². The number of benzene rings is 1. The Morgan fingerprint density at radius 2 is 2.29 bits per heavy atom. The third kappa shape index (κ3) is 3.07. The van der Waals surface area contributed by atoms with Gasteiger partial charge in [0, 0.05) is 22.9 Å². The van der Waals surface area contributed by atoms with Gasteiger partial charge in [-0.15, -0.1) is 11.6 Å². The van der Waals surface area contributed by atoms with Gasteiger partial charge in [-0.05, 0) is 6.07 Å². The summed E-state index contributed by atoms with van der Waals surface area (Å²) in [6.07, 6.45) is 0. The maximum absolute atomic E-state index is 13.5. The lowest BCUT2D eigenvalue weighted by molar-refractivity contribution is 0.385. The first-order valence-electron chi connectivity index (χ1n) is 4.24. The quantitative estimate of drug-likeness (QED) is 0.571. The first-order valence-corrected chi connectivity index (χ1v) is 5.93. The van der Waals surface area contributed by atoms with Crippen molar-refractivity contribution in [1.29, 1.82) is 0 Å². The smallest absolute Gasteiger partial charge is 0.169 e. The van der Waals surface area contributed by atoms with Crippen LogP contribution in [0.25, 0.3) is 0 Å². The minimum absolute atomic E-state index is 0.267. The van der Waals surface area contributed by atoms with Crippen LogP contribution in [0.4, 0.5) is 4.39 Å². The molecular weight excluding hydrogens is 223 g/mol. The molecule has 0 N–H and O–H groups in total. The largest absolute Gasteiger partial charge is 0.494 e. The molecule has 0 radical (unpaired) electrons. The van der Waals surface area contributed by atoms with Crippen molar-refractivity contribution in [3.63, 3.8) is 0 Å². The van der Waals surface area contributed by atoms with Crippen molar-refractivity contribution in [1.82, 2.24) is 0 Å². The number of rotatable bonds is 5. The number of thioether (sulfide) groups is 1. The van der Waals surface area contributed by atoms with Crippen LogP contribution in [0.1, 0.15) is 5.56 Å². The molecule has 0 fully saturated rings. The van der Waals surface area contributed by atoms with Crippen LogP contribution in [0.3, 0.4) is 0 Å². The average molecular weight is 235 g/mol. The molecule has 0 heterocycles. The molecule has 0 unspecified atom stereocenters. The van der Waals surface area contributed by atoms with Crippen LogP contribution in [0.15, 0.2) is 18.2 Å². The second-order valence-electron chi connectivity index (χ2n) is 2.67. The van der Waals surface area contributed by atoms with E-state index in [0.717, 1.165) is 5.75 Å². The summed E-state index contributed by atoms with van der Waals surface area (Å²) < 4.78 is 18.4. The van der Waals surface area contributed by atoms with Gasteiger partial charge < -0.3 is 4.74 Å². The maximum atomic E-state index is 13.5. The van der Waals surface area contributed by atoms with Crippen molar-refractivity contribution in [2.24, 2.45) is 0 Å². The van der Waals surface area contributed by atoms with E-state index >= 15 is 0 Å². The zero-order valence-electron chi connectivity index (χ0n) is 7.93. The van der Waals surface area contributed by atoms with Crippen molar-refractivity contribution in [2.45, 2.75) is 5.75 Å². The van der Waals surface area contributed by atoms with Gasteiger partial charge in [0.25, 0.3) is 0 Å². The zero-order chi connectivity index (χ0) is 10.4. The van der Waals surface area contributed by atoms with Gasteiger partial charge >= 0.3 is 0 Å². The lowest BCUT2D eigenvalue weighted by atomic mass is 10.2. The molecule has 1 nitrogen and oxygen atoms in total. The van der Waals surface area contributed by atoms with Crippen LogP contribution in [-0.4, -0.2) is 18.7 Å². The fourth-order valence-corrected chi connectivity index (χ4v) is 2.09. The molecule has 1 aromatic carbocycles. The Morgan fingerprint density at radius 1 is 1.50 bits per heavy atom. The highest BCUT2D eigenvalue weighted by Crippen LogP contribution is 2.23. The van der Waals surface area contributed by atoms with Crippen molar-refractivity contribution >= 4 is 23.4 Å². The van der Waals surface area contributed by atoms with Gasteiger partial charge in [-0.3, -0.25) is 0 Å². The lowest BCUT2D eigenvalue weighted by Gasteiger charge is -2.06. The summed E-state index contributed by atoms with van der Waals surface area (Å²) in [6, 6.07) is 5.17. The van der Waals surface area contributed by atoms with Crippen LogP contribution in [0, 0.1) is 5.82 Å². The Hall–Kier alpha value is -0.410. The van der Waals surface area contributed by atoms with E-state index < -0.39 is 0 Å². The highest BCUT2D eigenvalue weighted by molar-refractivity contribution is 7.98. The maximum Gasteiger partial charge on any atom is 0.169 e. The number of halogens is 2. The van der Waals surface area contributed by atoms with Crippen molar-refractivity contribution in [3.8, 4) is 5.75 Å². The molecule has 0 aliphatic carbocycles. The minimum atomic E-state index is -0.267. The van der Waals surface area contributed by atoms with Crippen LogP contribution < -0.4 is 4.74 Å². The topological polar surface area (TPSA) is 9.23 Å². The van der Waals surface area contributed by atoms with Crippen molar-refractivity contribution in [2.75, 3.05) is 18.7 Å². The molecule has 78 valence electrons. The second kappa shape index (κ2) is 6.14. The Balaban J connectivity index is 2.66. The molecule has 0 aliphatic rings. The summed E-state index contributed by atoms with van der Waals surface area (Å²) in [5, 5.41) is 0. The second-order valence-corrected chi connectivity index (χ2v) is 4.16. The van der Waals surface area contributed by atoms with Gasteiger partial charge in [0.1, 0.15) is 0 Å². The van der Waals surface area contributed by atoms with E-state index in [0.29, 0.717) is 22.9 Å². The molecule has 0 amide bonds. The van der Waals surface area contributed by atoms with Gasteiger partial charge in [-0.2, -0.15) is 11.8 Å². The van der Waals surface area contributed by atoms with Crippen LogP contribution in [-0.2, 0) is 5.75 Å². The molecule has 0 atom stereocenters. The van der Waals surface area contributed by atoms with E-state index in [1.807, 2.05) is 0 Å². The SMILES string of the molecule is COc1cccc(CSCCCl)c1F. The van der Waals surface area contributed by atoms with E-state index in [1.165, 1.54) is 7.11 Å². The number of hydrogen-bond acceptors (Lipinski definition) is 2. The number of hydrogen-bond donors (Lipinski definition) is 0. The van der Waals surface area contributed by atoms with Gasteiger partial charge in [0.15, 0.2) is 11.6 Å². The molecular formula is C10H12ClFOS. The molecule has 4 heteroatoms. The van der Waals surface area contributed by atoms with Crippen molar-refractivity contribution < 1.29 is 9.13 Å². The Labute approximate surface area is 92.6 Å². The van der Waals surface area contributed by atoms with Gasteiger partial charge in [0.05, 0.1) is 7.11 Å². The van der Waals surface area contributed by atoms with Gasteiger partial charge in [-0.1, -0.05) is 12.1 Å². The predicted molar refractivity (Wildman–Crippen MR) is 59.8 cm³/mol. The fraction of sp³-hybridized carbons (Fsp3) is 0.400. The first kappa shape index (κ1) is 11.7. The molecule has 0 spiro atoms. The zero-order valence-corrected chi connectivity index (χ0v) is 9.50. The van der Waals surface area contributed by atoms with Gasteiger partial charge in [-0.25, -0.2) is 4.39 Å². The Bertz CT molecular complexity index is 293. The van der Waals surface area contributed by atoms with E-state index in [1.54, 1.807) is 30.0 Å². The first-order chi connectivity index (χ1) is 6.79. The summed E-state index contributed by atoms with van der Waals surface area (Å²) >= 11 is 7.14. The summed E-state index contributed by atoms with van der Waals surface area (Å²) in [6.45, 7) is 0. The van der Waals surface area contributed by atoms with Crippen LogP contribution in [0.2, 0.25) is 0 Å².